The minimum Gasteiger partial charge on any atom is -0.366 e. The molecule has 1 atom stereocenters. The van der Waals surface area contributed by atoms with Gasteiger partial charge < -0.3 is 10.1 Å². The van der Waals surface area contributed by atoms with Crippen LogP contribution in [0, 0.1) is 0 Å². The Bertz CT molecular complexity index is 206. The molecule has 1 saturated heterocycles. The summed E-state index contributed by atoms with van der Waals surface area (Å²) in [7, 11) is 0. The normalized spacial score (nSPS) is 35.8. The van der Waals surface area contributed by atoms with E-state index in [1.165, 1.54) is 0 Å². The Morgan fingerprint density at radius 1 is 1.00 bits per heavy atom. The molecule has 0 aromatic rings. The van der Waals surface area contributed by atoms with Crippen molar-refractivity contribution in [2.24, 2.45) is 0 Å². The van der Waals surface area contributed by atoms with E-state index in [-0.39, 0.29) is 16.7 Å². The van der Waals surface area contributed by atoms with E-state index in [0.717, 1.165) is 0 Å². The summed E-state index contributed by atoms with van der Waals surface area (Å²) in [5.41, 5.74) is -0.177. The second-order valence-corrected chi connectivity index (χ2v) is 5.71. The molecule has 1 fully saturated rings. The van der Waals surface area contributed by atoms with Crippen molar-refractivity contribution in [3.8, 4) is 0 Å². The molecule has 78 valence electrons. The third-order valence-electron chi connectivity index (χ3n) is 3.64. The molecule has 0 bridgehead atoms. The molecule has 0 saturated carbocycles. The van der Waals surface area contributed by atoms with Crippen molar-refractivity contribution in [3.63, 3.8) is 0 Å². The molecule has 0 aromatic heterocycles. The smallest absolute Gasteiger partial charge is 0.0809 e. The number of morpholine rings is 1. The van der Waals surface area contributed by atoms with Crippen molar-refractivity contribution in [2.45, 2.75) is 71.2 Å². The Morgan fingerprint density at radius 2 is 1.46 bits per heavy atom. The molecule has 13 heavy (non-hydrogen) atoms. The fourth-order valence-corrected chi connectivity index (χ4v) is 1.76. The third-order valence-corrected chi connectivity index (χ3v) is 3.64. The molecule has 0 amide bonds. The highest BCUT2D eigenvalue weighted by atomic mass is 16.5. The average molecular weight is 185 g/mol. The minimum atomic E-state index is -0.122. The van der Waals surface area contributed by atoms with Gasteiger partial charge >= 0.3 is 0 Å². The Kier molecular flexibility index (Phi) is 2.29. The summed E-state index contributed by atoms with van der Waals surface area (Å²) in [6.07, 6.45) is 0. The first kappa shape index (κ1) is 11.0. The number of hydrogen-bond acceptors (Lipinski definition) is 2. The van der Waals surface area contributed by atoms with Crippen LogP contribution in [0.5, 0.6) is 0 Å². The van der Waals surface area contributed by atoms with Crippen LogP contribution >= 0.6 is 0 Å². The Balaban J connectivity index is 2.93. The lowest BCUT2D eigenvalue weighted by atomic mass is 9.79. The lowest BCUT2D eigenvalue weighted by Crippen LogP contribution is -2.71. The third kappa shape index (κ3) is 1.75. The van der Waals surface area contributed by atoms with Gasteiger partial charge in [0, 0.05) is 11.6 Å². The average Bonchev–Trinajstić information content (AvgIpc) is 1.80. The Hall–Kier alpha value is -0.0800. The molecule has 0 radical (unpaired) electrons. The standard InChI is InChI=1S/C11H23NO/c1-8-9(2,3)13-11(6,7)10(4,5)12-8/h8,12H,1-7H3. The first-order valence-corrected chi connectivity index (χ1v) is 5.06. The van der Waals surface area contributed by atoms with Crippen LogP contribution in [0.25, 0.3) is 0 Å². The largest absolute Gasteiger partial charge is 0.366 e. The zero-order valence-corrected chi connectivity index (χ0v) is 9.99. The lowest BCUT2D eigenvalue weighted by Gasteiger charge is -2.55. The molecule has 0 aromatic carbocycles. The van der Waals surface area contributed by atoms with E-state index in [9.17, 15) is 0 Å². The van der Waals surface area contributed by atoms with Crippen LogP contribution in [0.4, 0.5) is 0 Å². The molecule has 0 aliphatic carbocycles. The Morgan fingerprint density at radius 3 is 1.85 bits per heavy atom. The minimum absolute atomic E-state index is 0.0297. The highest BCUT2D eigenvalue weighted by Crippen LogP contribution is 2.37. The van der Waals surface area contributed by atoms with E-state index in [2.05, 4.69) is 53.8 Å². The maximum atomic E-state index is 6.13. The van der Waals surface area contributed by atoms with Gasteiger partial charge in [0.25, 0.3) is 0 Å². The van der Waals surface area contributed by atoms with Gasteiger partial charge in [-0.1, -0.05) is 0 Å². The molecule has 2 heteroatoms. The maximum absolute atomic E-state index is 6.13. The summed E-state index contributed by atoms with van der Waals surface area (Å²) >= 11 is 0. The summed E-state index contributed by atoms with van der Waals surface area (Å²) in [6.45, 7) is 15.1. The van der Waals surface area contributed by atoms with Crippen LogP contribution in [0.2, 0.25) is 0 Å². The summed E-state index contributed by atoms with van der Waals surface area (Å²) in [6, 6.07) is 0.385. The summed E-state index contributed by atoms with van der Waals surface area (Å²) < 4.78 is 6.13. The van der Waals surface area contributed by atoms with E-state index in [0.29, 0.717) is 6.04 Å². The predicted octanol–water partition coefficient (Wildman–Crippen LogP) is 2.33. The van der Waals surface area contributed by atoms with Gasteiger partial charge in [-0.05, 0) is 48.5 Å². The van der Waals surface area contributed by atoms with Crippen LogP contribution in [0.3, 0.4) is 0 Å². The van der Waals surface area contributed by atoms with Crippen molar-refractivity contribution in [1.29, 1.82) is 0 Å². The molecule has 1 unspecified atom stereocenters. The number of rotatable bonds is 0. The molecular formula is C11H23NO. The van der Waals surface area contributed by atoms with Crippen LogP contribution in [0.15, 0.2) is 0 Å². The highest BCUT2D eigenvalue weighted by molar-refractivity contribution is 5.05. The van der Waals surface area contributed by atoms with E-state index in [4.69, 9.17) is 4.74 Å². The monoisotopic (exact) mass is 185 g/mol. The van der Waals surface area contributed by atoms with Crippen molar-refractivity contribution >= 4 is 0 Å². The lowest BCUT2D eigenvalue weighted by molar-refractivity contribution is -0.207. The summed E-state index contributed by atoms with van der Waals surface area (Å²) in [5, 5.41) is 3.61. The van der Waals surface area contributed by atoms with Crippen molar-refractivity contribution < 1.29 is 4.74 Å². The van der Waals surface area contributed by atoms with Crippen molar-refractivity contribution in [2.75, 3.05) is 0 Å². The van der Waals surface area contributed by atoms with E-state index in [1.807, 2.05) is 0 Å². The van der Waals surface area contributed by atoms with Gasteiger partial charge in [0.1, 0.15) is 0 Å². The number of nitrogens with one attached hydrogen (secondary N) is 1. The van der Waals surface area contributed by atoms with Crippen molar-refractivity contribution in [1.82, 2.24) is 5.32 Å². The molecule has 1 heterocycles. The topological polar surface area (TPSA) is 21.3 Å². The SMILES string of the molecule is CC1NC(C)(C)C(C)(C)OC1(C)C. The van der Waals surface area contributed by atoms with Crippen LogP contribution in [-0.4, -0.2) is 22.8 Å². The quantitative estimate of drug-likeness (QED) is 0.625. The molecule has 1 rings (SSSR count). The molecule has 1 N–H and O–H groups in total. The predicted molar refractivity (Wildman–Crippen MR) is 55.9 cm³/mol. The summed E-state index contributed by atoms with van der Waals surface area (Å²) in [4.78, 5) is 0. The van der Waals surface area contributed by atoms with Gasteiger partial charge in [0.15, 0.2) is 0 Å². The summed E-state index contributed by atoms with van der Waals surface area (Å²) in [5.74, 6) is 0. The van der Waals surface area contributed by atoms with E-state index < -0.39 is 0 Å². The van der Waals surface area contributed by atoms with Gasteiger partial charge in [0.05, 0.1) is 11.2 Å². The van der Waals surface area contributed by atoms with Crippen molar-refractivity contribution in [3.05, 3.63) is 0 Å². The van der Waals surface area contributed by atoms with Gasteiger partial charge in [0.2, 0.25) is 0 Å². The van der Waals surface area contributed by atoms with Gasteiger partial charge in [-0.15, -0.1) is 0 Å². The second-order valence-electron chi connectivity index (χ2n) is 5.71. The molecule has 1 aliphatic heterocycles. The maximum Gasteiger partial charge on any atom is 0.0809 e. The van der Waals surface area contributed by atoms with E-state index in [1.54, 1.807) is 0 Å². The van der Waals surface area contributed by atoms with Crippen LogP contribution in [0.1, 0.15) is 48.5 Å². The zero-order valence-electron chi connectivity index (χ0n) is 9.99. The molecule has 2 nitrogen and oxygen atoms in total. The molecule has 1 aliphatic rings. The molecule has 0 spiro atoms. The second kappa shape index (κ2) is 2.71. The van der Waals surface area contributed by atoms with Gasteiger partial charge in [-0.25, -0.2) is 0 Å². The van der Waals surface area contributed by atoms with Crippen LogP contribution < -0.4 is 5.32 Å². The van der Waals surface area contributed by atoms with E-state index >= 15 is 0 Å². The molecular weight excluding hydrogens is 162 g/mol. The first-order valence-electron chi connectivity index (χ1n) is 5.06. The first-order chi connectivity index (χ1) is 5.58. The fourth-order valence-electron chi connectivity index (χ4n) is 1.76. The highest BCUT2D eigenvalue weighted by Gasteiger charge is 2.49. The number of hydrogen-bond donors (Lipinski definition) is 1. The Labute approximate surface area is 82.0 Å². The van der Waals surface area contributed by atoms with Crippen LogP contribution in [-0.2, 0) is 4.74 Å². The number of ether oxygens (including phenoxy) is 1. The fraction of sp³-hybridized carbons (Fsp3) is 1.00. The van der Waals surface area contributed by atoms with Gasteiger partial charge in [-0.2, -0.15) is 0 Å². The van der Waals surface area contributed by atoms with Gasteiger partial charge in [-0.3, -0.25) is 0 Å². The zero-order chi connectivity index (χ0) is 10.5.